The largest absolute Gasteiger partial charge is 0.465 e. The first-order valence-corrected chi connectivity index (χ1v) is 5.49. The predicted molar refractivity (Wildman–Crippen MR) is 64.8 cm³/mol. The van der Waals surface area contributed by atoms with Gasteiger partial charge in [-0.1, -0.05) is 12.1 Å². The van der Waals surface area contributed by atoms with Crippen LogP contribution in [-0.4, -0.2) is 25.0 Å². The summed E-state index contributed by atoms with van der Waals surface area (Å²) in [6.07, 6.45) is 0.319. The van der Waals surface area contributed by atoms with Crippen molar-refractivity contribution in [1.82, 2.24) is 5.32 Å². The number of carbonyl (C=O) groups is 2. The first-order chi connectivity index (χ1) is 8.02. The molecular formula is C13H17NO3. The van der Waals surface area contributed by atoms with E-state index in [1.54, 1.807) is 24.3 Å². The molecule has 0 aliphatic heterocycles. The van der Waals surface area contributed by atoms with Gasteiger partial charge in [0.15, 0.2) is 0 Å². The van der Waals surface area contributed by atoms with Crippen LogP contribution in [0.2, 0.25) is 0 Å². The van der Waals surface area contributed by atoms with Crippen molar-refractivity contribution in [3.63, 3.8) is 0 Å². The van der Waals surface area contributed by atoms with Crippen LogP contribution >= 0.6 is 0 Å². The number of rotatable bonds is 4. The minimum atomic E-state index is -0.372. The van der Waals surface area contributed by atoms with Gasteiger partial charge in [0, 0.05) is 6.04 Å². The molecule has 0 bridgehead atoms. The van der Waals surface area contributed by atoms with Gasteiger partial charge in [-0.15, -0.1) is 0 Å². The molecule has 0 aliphatic carbocycles. The lowest BCUT2D eigenvalue weighted by atomic mass is 10.1. The number of nitrogens with one attached hydrogen (secondary N) is 1. The highest BCUT2D eigenvalue weighted by atomic mass is 16.5. The average molecular weight is 235 g/mol. The minimum absolute atomic E-state index is 0.0224. The molecule has 0 aromatic heterocycles. The highest BCUT2D eigenvalue weighted by molar-refractivity contribution is 5.89. The lowest BCUT2D eigenvalue weighted by Crippen LogP contribution is -2.31. The summed E-state index contributed by atoms with van der Waals surface area (Å²) in [6, 6.07) is 6.96. The van der Waals surface area contributed by atoms with Gasteiger partial charge in [0.2, 0.25) is 5.91 Å². The third-order valence-corrected chi connectivity index (χ3v) is 2.19. The molecule has 4 nitrogen and oxygen atoms in total. The van der Waals surface area contributed by atoms with Gasteiger partial charge >= 0.3 is 5.97 Å². The van der Waals surface area contributed by atoms with E-state index in [1.165, 1.54) is 7.11 Å². The fourth-order valence-corrected chi connectivity index (χ4v) is 1.43. The van der Waals surface area contributed by atoms with Crippen LogP contribution in [0.15, 0.2) is 24.3 Å². The van der Waals surface area contributed by atoms with Gasteiger partial charge in [0.1, 0.15) is 0 Å². The van der Waals surface area contributed by atoms with Gasteiger partial charge in [-0.25, -0.2) is 4.79 Å². The summed E-state index contributed by atoms with van der Waals surface area (Å²) < 4.78 is 4.59. The van der Waals surface area contributed by atoms with Crippen LogP contribution in [0.25, 0.3) is 0 Å². The molecule has 0 aliphatic rings. The number of carbonyl (C=O) groups excluding carboxylic acids is 2. The maximum atomic E-state index is 11.5. The lowest BCUT2D eigenvalue weighted by Gasteiger charge is -2.08. The number of hydrogen-bond acceptors (Lipinski definition) is 3. The molecule has 0 spiro atoms. The quantitative estimate of drug-likeness (QED) is 0.805. The summed E-state index contributed by atoms with van der Waals surface area (Å²) in [7, 11) is 1.34. The monoisotopic (exact) mass is 235 g/mol. The second-order valence-corrected chi connectivity index (χ2v) is 4.09. The molecular weight excluding hydrogens is 218 g/mol. The molecule has 0 heterocycles. The zero-order valence-corrected chi connectivity index (χ0v) is 10.3. The number of esters is 1. The molecule has 1 rings (SSSR count). The van der Waals surface area contributed by atoms with E-state index >= 15 is 0 Å². The van der Waals surface area contributed by atoms with Gasteiger partial charge < -0.3 is 10.1 Å². The molecule has 1 N–H and O–H groups in total. The maximum Gasteiger partial charge on any atom is 0.337 e. The smallest absolute Gasteiger partial charge is 0.337 e. The van der Waals surface area contributed by atoms with Crippen LogP contribution in [0.3, 0.4) is 0 Å². The van der Waals surface area contributed by atoms with Gasteiger partial charge in [-0.05, 0) is 31.5 Å². The Bertz CT molecular complexity index is 396. The van der Waals surface area contributed by atoms with Crippen molar-refractivity contribution in [3.8, 4) is 0 Å². The fraction of sp³-hybridized carbons (Fsp3) is 0.385. The Kier molecular flexibility index (Phi) is 4.69. The molecule has 0 saturated heterocycles. The Morgan fingerprint density at radius 1 is 1.24 bits per heavy atom. The number of amides is 1. The van der Waals surface area contributed by atoms with Crippen molar-refractivity contribution < 1.29 is 14.3 Å². The van der Waals surface area contributed by atoms with Crippen molar-refractivity contribution >= 4 is 11.9 Å². The lowest BCUT2D eigenvalue weighted by molar-refractivity contribution is -0.120. The van der Waals surface area contributed by atoms with Crippen molar-refractivity contribution in [3.05, 3.63) is 35.4 Å². The summed E-state index contributed by atoms with van der Waals surface area (Å²) in [5, 5.41) is 2.81. The summed E-state index contributed by atoms with van der Waals surface area (Å²) >= 11 is 0. The molecule has 0 saturated carbocycles. The zero-order valence-electron chi connectivity index (χ0n) is 10.3. The van der Waals surface area contributed by atoms with Crippen LogP contribution in [0.4, 0.5) is 0 Å². The molecule has 0 atom stereocenters. The molecule has 1 amide bonds. The molecule has 4 heteroatoms. The van der Waals surface area contributed by atoms with E-state index < -0.39 is 0 Å². The van der Waals surface area contributed by atoms with Gasteiger partial charge in [0.25, 0.3) is 0 Å². The molecule has 92 valence electrons. The van der Waals surface area contributed by atoms with Crippen molar-refractivity contribution in [2.75, 3.05) is 7.11 Å². The van der Waals surface area contributed by atoms with Gasteiger partial charge in [-0.2, -0.15) is 0 Å². The Morgan fingerprint density at radius 3 is 2.29 bits per heavy atom. The van der Waals surface area contributed by atoms with Crippen molar-refractivity contribution in [2.45, 2.75) is 26.3 Å². The van der Waals surface area contributed by atoms with E-state index in [9.17, 15) is 9.59 Å². The molecule has 0 fully saturated rings. The fourth-order valence-electron chi connectivity index (χ4n) is 1.43. The topological polar surface area (TPSA) is 55.4 Å². The molecule has 1 aromatic rings. The van der Waals surface area contributed by atoms with E-state index in [0.29, 0.717) is 12.0 Å². The Hall–Kier alpha value is -1.84. The van der Waals surface area contributed by atoms with Crippen LogP contribution in [-0.2, 0) is 16.0 Å². The summed E-state index contributed by atoms with van der Waals surface area (Å²) in [5.41, 5.74) is 1.36. The summed E-state index contributed by atoms with van der Waals surface area (Å²) in [6.45, 7) is 3.83. The van der Waals surface area contributed by atoms with Gasteiger partial charge in [-0.3, -0.25) is 4.79 Å². The second kappa shape index (κ2) is 6.03. The second-order valence-electron chi connectivity index (χ2n) is 4.09. The highest BCUT2D eigenvalue weighted by Crippen LogP contribution is 2.06. The Balaban J connectivity index is 2.62. The normalized spacial score (nSPS) is 10.1. The van der Waals surface area contributed by atoms with Crippen LogP contribution in [0.5, 0.6) is 0 Å². The Morgan fingerprint density at radius 2 is 1.82 bits per heavy atom. The van der Waals surface area contributed by atoms with E-state index in [1.807, 2.05) is 13.8 Å². The highest BCUT2D eigenvalue weighted by Gasteiger charge is 2.07. The molecule has 0 unspecified atom stereocenters. The van der Waals surface area contributed by atoms with Crippen molar-refractivity contribution in [1.29, 1.82) is 0 Å². The van der Waals surface area contributed by atoms with Gasteiger partial charge in [0.05, 0.1) is 19.1 Å². The van der Waals surface area contributed by atoms with E-state index in [-0.39, 0.29) is 17.9 Å². The first-order valence-electron chi connectivity index (χ1n) is 5.49. The number of benzene rings is 1. The third-order valence-electron chi connectivity index (χ3n) is 2.19. The van der Waals surface area contributed by atoms with Crippen LogP contribution in [0, 0.1) is 0 Å². The van der Waals surface area contributed by atoms with Crippen molar-refractivity contribution in [2.24, 2.45) is 0 Å². The van der Waals surface area contributed by atoms with E-state index in [0.717, 1.165) is 5.56 Å². The standard InChI is InChI=1S/C13H17NO3/c1-9(2)14-12(15)8-10-4-6-11(7-5-10)13(16)17-3/h4-7,9H,8H2,1-3H3,(H,14,15). The Labute approximate surface area is 101 Å². The number of methoxy groups -OCH3 is 1. The van der Waals surface area contributed by atoms with E-state index in [2.05, 4.69) is 10.1 Å². The van der Waals surface area contributed by atoms with Crippen LogP contribution < -0.4 is 5.32 Å². The minimum Gasteiger partial charge on any atom is -0.465 e. The number of ether oxygens (including phenoxy) is 1. The average Bonchev–Trinajstić information content (AvgIpc) is 2.28. The molecule has 1 aromatic carbocycles. The maximum absolute atomic E-state index is 11.5. The van der Waals surface area contributed by atoms with Crippen LogP contribution in [0.1, 0.15) is 29.8 Å². The predicted octanol–water partition coefficient (Wildman–Crippen LogP) is 1.54. The first kappa shape index (κ1) is 13.2. The third kappa shape index (κ3) is 4.26. The number of hydrogen-bond donors (Lipinski definition) is 1. The van der Waals surface area contributed by atoms with E-state index in [4.69, 9.17) is 0 Å². The SMILES string of the molecule is COC(=O)c1ccc(CC(=O)NC(C)C)cc1. The summed E-state index contributed by atoms with van der Waals surface area (Å²) in [5.74, 6) is -0.394. The summed E-state index contributed by atoms with van der Waals surface area (Å²) in [4.78, 5) is 22.7. The molecule has 17 heavy (non-hydrogen) atoms. The molecule has 0 radical (unpaired) electrons. The zero-order chi connectivity index (χ0) is 12.8.